The van der Waals surface area contributed by atoms with Gasteiger partial charge in [0.1, 0.15) is 5.57 Å². The Morgan fingerprint density at radius 3 is 2.18 bits per heavy atom. The quantitative estimate of drug-likeness (QED) is 0.747. The summed E-state index contributed by atoms with van der Waals surface area (Å²) in [5.74, 6) is -0.717. The van der Waals surface area contributed by atoms with E-state index in [1.54, 1.807) is 37.3 Å². The largest absolute Gasteiger partial charge is 0.462 e. The first-order valence-corrected chi connectivity index (χ1v) is 10.3. The summed E-state index contributed by atoms with van der Waals surface area (Å²) in [4.78, 5) is 12.7. The number of carbonyl (C=O) groups is 1. The number of esters is 1. The third-order valence-corrected chi connectivity index (χ3v) is 5.38. The van der Waals surface area contributed by atoms with E-state index in [9.17, 15) is 13.2 Å². The first-order chi connectivity index (χ1) is 13.5. The summed E-state index contributed by atoms with van der Waals surface area (Å²) in [6.45, 7) is 3.71. The molecule has 1 aliphatic rings. The fourth-order valence-corrected chi connectivity index (χ4v) is 3.77. The third kappa shape index (κ3) is 4.07. The first kappa shape index (κ1) is 19.6. The van der Waals surface area contributed by atoms with Gasteiger partial charge in [-0.05, 0) is 37.6 Å². The van der Waals surface area contributed by atoms with Crippen LogP contribution in [-0.2, 0) is 19.6 Å². The number of anilines is 2. The lowest BCUT2D eigenvalue weighted by molar-refractivity contribution is -0.137. The van der Waals surface area contributed by atoms with Crippen LogP contribution in [0.15, 0.2) is 75.2 Å². The zero-order chi connectivity index (χ0) is 20.1. The maximum Gasteiger partial charge on any atom is 0.343 e. The molecule has 7 nitrogen and oxygen atoms in total. The molecule has 8 heteroatoms. The van der Waals surface area contributed by atoms with E-state index in [0.29, 0.717) is 23.5 Å². The molecule has 0 radical (unpaired) electrons. The highest BCUT2D eigenvalue weighted by molar-refractivity contribution is 7.90. The van der Waals surface area contributed by atoms with Gasteiger partial charge in [0.2, 0.25) is 0 Å². The number of fused-ring (bicyclic) bond motifs is 1. The average Bonchev–Trinajstić information content (AvgIpc) is 2.84. The predicted octanol–water partition coefficient (Wildman–Crippen LogP) is 3.54. The molecule has 0 aliphatic carbocycles. The minimum atomic E-state index is -4.04. The van der Waals surface area contributed by atoms with Crippen LogP contribution in [0, 0.1) is 0 Å². The lowest BCUT2D eigenvalue weighted by Gasteiger charge is -2.13. The van der Waals surface area contributed by atoms with Gasteiger partial charge in [0.25, 0.3) is 10.0 Å². The predicted molar refractivity (Wildman–Crippen MR) is 109 cm³/mol. The van der Waals surface area contributed by atoms with Crippen LogP contribution in [0.1, 0.15) is 20.3 Å². The molecule has 1 aliphatic heterocycles. The van der Waals surface area contributed by atoms with E-state index in [1.165, 1.54) is 12.1 Å². The zero-order valence-corrected chi connectivity index (χ0v) is 16.4. The number of hydrogen-bond acceptors (Lipinski definition) is 5. The summed E-state index contributed by atoms with van der Waals surface area (Å²) in [5.41, 5.74) is 1.91. The number of amidine groups is 1. The van der Waals surface area contributed by atoms with Crippen molar-refractivity contribution in [2.24, 2.45) is 4.40 Å². The molecule has 2 aromatic rings. The molecule has 3 rings (SSSR count). The molecule has 0 aromatic heterocycles. The number of allylic oxidation sites excluding steroid dienone is 1. The highest BCUT2D eigenvalue weighted by Crippen LogP contribution is 2.30. The SMILES string of the molecule is CCOC(=O)C1=C(CC)Nc2ccccc2N/C1=N\S(=O)(=O)c1ccccc1. The molecular formula is C20H21N3O4S. The van der Waals surface area contributed by atoms with Crippen molar-refractivity contribution in [3.63, 3.8) is 0 Å². The van der Waals surface area contributed by atoms with Crippen LogP contribution in [0.2, 0.25) is 0 Å². The van der Waals surface area contributed by atoms with E-state index in [0.717, 1.165) is 0 Å². The van der Waals surface area contributed by atoms with Gasteiger partial charge in [0.15, 0.2) is 5.84 Å². The van der Waals surface area contributed by atoms with Gasteiger partial charge < -0.3 is 15.4 Å². The zero-order valence-electron chi connectivity index (χ0n) is 15.6. The highest BCUT2D eigenvalue weighted by Gasteiger charge is 2.28. The van der Waals surface area contributed by atoms with E-state index in [4.69, 9.17) is 4.74 Å². The molecule has 28 heavy (non-hydrogen) atoms. The Bertz CT molecular complexity index is 1040. The monoisotopic (exact) mass is 399 g/mol. The van der Waals surface area contributed by atoms with Crippen molar-refractivity contribution in [3.05, 3.63) is 65.9 Å². The molecule has 0 saturated carbocycles. The molecule has 0 saturated heterocycles. The van der Waals surface area contributed by atoms with E-state index in [-0.39, 0.29) is 22.9 Å². The molecule has 2 N–H and O–H groups in total. The second-order valence-corrected chi connectivity index (χ2v) is 7.56. The van der Waals surface area contributed by atoms with Crippen LogP contribution in [0.25, 0.3) is 0 Å². The van der Waals surface area contributed by atoms with Gasteiger partial charge in [0.05, 0.1) is 22.9 Å². The van der Waals surface area contributed by atoms with Gasteiger partial charge in [-0.15, -0.1) is 4.40 Å². The van der Waals surface area contributed by atoms with Gasteiger partial charge >= 0.3 is 5.97 Å². The molecule has 0 fully saturated rings. The van der Waals surface area contributed by atoms with Crippen molar-refractivity contribution in [2.45, 2.75) is 25.2 Å². The molecule has 0 atom stereocenters. The van der Waals surface area contributed by atoms with Crippen LogP contribution in [-0.4, -0.2) is 26.8 Å². The van der Waals surface area contributed by atoms with E-state index < -0.39 is 16.0 Å². The molecule has 0 bridgehead atoms. The summed E-state index contributed by atoms with van der Waals surface area (Å²) < 4.78 is 34.8. The Morgan fingerprint density at radius 2 is 1.57 bits per heavy atom. The van der Waals surface area contributed by atoms with Crippen molar-refractivity contribution in [1.82, 2.24) is 0 Å². The van der Waals surface area contributed by atoms with Crippen molar-refractivity contribution < 1.29 is 17.9 Å². The summed E-state index contributed by atoms with van der Waals surface area (Å²) in [6, 6.07) is 15.1. The number of rotatable bonds is 5. The number of hydrogen-bond donors (Lipinski definition) is 2. The fourth-order valence-electron chi connectivity index (χ4n) is 2.78. The second-order valence-electron chi connectivity index (χ2n) is 5.95. The molecule has 146 valence electrons. The van der Waals surface area contributed by atoms with E-state index in [2.05, 4.69) is 15.0 Å². The Balaban J connectivity index is 2.20. The van der Waals surface area contributed by atoms with Crippen LogP contribution in [0.5, 0.6) is 0 Å². The summed E-state index contributed by atoms with van der Waals surface area (Å²) in [5, 5.41) is 6.18. The molecule has 0 spiro atoms. The van der Waals surface area contributed by atoms with Gasteiger partial charge in [-0.1, -0.05) is 37.3 Å². The summed E-state index contributed by atoms with van der Waals surface area (Å²) >= 11 is 0. The Labute approximate surface area is 164 Å². The fraction of sp³-hybridized carbons (Fsp3) is 0.200. The standard InChI is InChI=1S/C20H21N3O4S/c1-3-15-18(20(24)27-4-2)19(22-17-13-9-8-12-16(17)21-15)23-28(25,26)14-10-6-5-7-11-14/h5-13,21H,3-4H2,1-2H3,(H,22,23). The Morgan fingerprint density at radius 1 is 0.964 bits per heavy atom. The molecular weight excluding hydrogens is 378 g/mol. The number of nitrogens with zero attached hydrogens (tertiary/aromatic N) is 1. The third-order valence-electron chi connectivity index (χ3n) is 4.09. The maximum absolute atomic E-state index is 12.8. The van der Waals surface area contributed by atoms with Crippen molar-refractivity contribution >= 4 is 33.2 Å². The van der Waals surface area contributed by atoms with Gasteiger partial charge in [-0.3, -0.25) is 0 Å². The number of para-hydroxylation sites is 2. The minimum Gasteiger partial charge on any atom is -0.462 e. The number of carbonyl (C=O) groups excluding carboxylic acids is 1. The van der Waals surface area contributed by atoms with Gasteiger partial charge in [-0.2, -0.15) is 8.42 Å². The van der Waals surface area contributed by atoms with Gasteiger partial charge in [-0.25, -0.2) is 4.79 Å². The summed E-state index contributed by atoms with van der Waals surface area (Å²) in [6.07, 6.45) is 0.453. The first-order valence-electron chi connectivity index (χ1n) is 8.90. The maximum atomic E-state index is 12.8. The summed E-state index contributed by atoms with van der Waals surface area (Å²) in [7, 11) is -4.04. The Kier molecular flexibility index (Phi) is 5.79. The van der Waals surface area contributed by atoms with Crippen molar-refractivity contribution in [3.8, 4) is 0 Å². The molecule has 0 amide bonds. The van der Waals surface area contributed by atoms with Crippen LogP contribution >= 0.6 is 0 Å². The minimum absolute atomic E-state index is 0.0380. The molecule has 2 aromatic carbocycles. The van der Waals surface area contributed by atoms with Crippen LogP contribution in [0.3, 0.4) is 0 Å². The molecule has 1 heterocycles. The highest BCUT2D eigenvalue weighted by atomic mass is 32.2. The number of nitrogens with one attached hydrogen (secondary N) is 2. The topological polar surface area (TPSA) is 96.9 Å². The van der Waals surface area contributed by atoms with E-state index in [1.807, 2.05) is 19.1 Å². The number of sulfonamides is 1. The Hall–Kier alpha value is -3.13. The normalized spacial score (nSPS) is 15.3. The van der Waals surface area contributed by atoms with Crippen molar-refractivity contribution in [2.75, 3.05) is 17.2 Å². The number of ether oxygens (including phenoxy) is 1. The number of benzene rings is 2. The van der Waals surface area contributed by atoms with E-state index >= 15 is 0 Å². The molecule has 0 unspecified atom stereocenters. The van der Waals surface area contributed by atoms with Gasteiger partial charge in [0, 0.05) is 5.70 Å². The smallest absolute Gasteiger partial charge is 0.343 e. The lowest BCUT2D eigenvalue weighted by Crippen LogP contribution is -2.25. The van der Waals surface area contributed by atoms with Crippen LogP contribution < -0.4 is 10.6 Å². The average molecular weight is 399 g/mol. The van der Waals surface area contributed by atoms with Crippen molar-refractivity contribution in [1.29, 1.82) is 0 Å². The second kappa shape index (κ2) is 8.26. The van der Waals surface area contributed by atoms with Crippen LogP contribution in [0.4, 0.5) is 11.4 Å². The lowest BCUT2D eigenvalue weighted by atomic mass is 10.1.